The van der Waals surface area contributed by atoms with Crippen LogP contribution in [0.1, 0.15) is 30.0 Å². The first-order valence-electron chi connectivity index (χ1n) is 9.75. The molecule has 1 heterocycles. The average molecular weight is 404 g/mol. The van der Waals surface area contributed by atoms with Crippen molar-refractivity contribution in [3.63, 3.8) is 0 Å². The fourth-order valence-corrected chi connectivity index (χ4v) is 5.30. The zero-order chi connectivity index (χ0) is 19.8. The Bertz CT molecular complexity index is 1280. The molecule has 0 amide bonds. The van der Waals surface area contributed by atoms with E-state index < -0.39 is 10.0 Å². The molecule has 3 aromatic carbocycles. The van der Waals surface area contributed by atoms with Crippen LogP contribution in [0.4, 0.5) is 0 Å². The van der Waals surface area contributed by atoms with E-state index >= 15 is 0 Å². The van der Waals surface area contributed by atoms with Gasteiger partial charge in [0.2, 0.25) is 10.0 Å². The molecule has 1 atom stereocenters. The molecule has 2 N–H and O–H groups in total. The average Bonchev–Trinajstić information content (AvgIpc) is 3.18. The van der Waals surface area contributed by atoms with Crippen molar-refractivity contribution in [1.82, 2.24) is 14.7 Å². The van der Waals surface area contributed by atoms with Gasteiger partial charge in [-0.15, -0.1) is 0 Å². The summed E-state index contributed by atoms with van der Waals surface area (Å²) in [6.45, 7) is 0. The van der Waals surface area contributed by atoms with E-state index in [0.717, 1.165) is 41.7 Å². The fraction of sp³-hybridized carbons (Fsp3) is 0.174. The van der Waals surface area contributed by atoms with E-state index in [0.29, 0.717) is 5.52 Å². The van der Waals surface area contributed by atoms with E-state index in [4.69, 9.17) is 0 Å². The van der Waals surface area contributed by atoms with Gasteiger partial charge in [0.15, 0.2) is 0 Å². The van der Waals surface area contributed by atoms with E-state index in [9.17, 15) is 8.42 Å². The number of imidazole rings is 1. The third-order valence-electron chi connectivity index (χ3n) is 5.48. The van der Waals surface area contributed by atoms with Crippen LogP contribution < -0.4 is 4.72 Å². The molecule has 0 saturated carbocycles. The van der Waals surface area contributed by atoms with Gasteiger partial charge >= 0.3 is 0 Å². The number of aromatic amines is 1. The number of nitrogens with zero attached hydrogens (tertiary/aromatic N) is 1. The Labute approximate surface area is 169 Å². The summed E-state index contributed by atoms with van der Waals surface area (Å²) >= 11 is 0. The molecule has 5 nitrogen and oxygen atoms in total. The highest BCUT2D eigenvalue weighted by atomic mass is 32.2. The lowest BCUT2D eigenvalue weighted by molar-refractivity contribution is 0.507. The standard InChI is InChI=1S/C23H21N3O2S/c27-29(28,26-20-12-6-10-16-7-4-5-11-19(16)20)18-13-14-21-22(15-18)25-23(24-21)17-8-2-1-3-9-17/h1-5,7-9,11,13-15,20,26H,6,10,12H2,(H,24,25). The molecule has 0 saturated heterocycles. The Kier molecular flexibility index (Phi) is 4.45. The van der Waals surface area contributed by atoms with E-state index in [1.165, 1.54) is 5.56 Å². The minimum absolute atomic E-state index is 0.192. The van der Waals surface area contributed by atoms with Crippen LogP contribution >= 0.6 is 0 Å². The van der Waals surface area contributed by atoms with Gasteiger partial charge in [-0.05, 0) is 48.6 Å². The number of nitrogens with one attached hydrogen (secondary N) is 2. The molecule has 0 bridgehead atoms. The van der Waals surface area contributed by atoms with Crippen molar-refractivity contribution in [1.29, 1.82) is 0 Å². The Morgan fingerprint density at radius 1 is 0.966 bits per heavy atom. The molecular formula is C23H21N3O2S. The summed E-state index contributed by atoms with van der Waals surface area (Å²) < 4.78 is 29.1. The van der Waals surface area contributed by atoms with E-state index in [2.05, 4.69) is 20.8 Å². The SMILES string of the molecule is O=S(=O)(NC1CCCc2ccccc21)c1ccc2nc(-c3ccccc3)[nH]c2c1. The van der Waals surface area contributed by atoms with Gasteiger partial charge in [-0.3, -0.25) is 0 Å². The predicted molar refractivity (Wildman–Crippen MR) is 114 cm³/mol. The van der Waals surface area contributed by atoms with Gasteiger partial charge in [0.05, 0.1) is 15.9 Å². The third-order valence-corrected chi connectivity index (χ3v) is 6.95. The van der Waals surface area contributed by atoms with Crippen molar-refractivity contribution in [2.24, 2.45) is 0 Å². The van der Waals surface area contributed by atoms with Gasteiger partial charge in [0, 0.05) is 11.6 Å². The quantitative estimate of drug-likeness (QED) is 0.523. The highest BCUT2D eigenvalue weighted by Crippen LogP contribution is 2.31. The van der Waals surface area contributed by atoms with Crippen molar-refractivity contribution in [3.05, 3.63) is 83.9 Å². The summed E-state index contributed by atoms with van der Waals surface area (Å²) in [4.78, 5) is 8.07. The first-order valence-corrected chi connectivity index (χ1v) is 11.2. The summed E-state index contributed by atoms with van der Waals surface area (Å²) in [7, 11) is -3.65. The highest BCUT2D eigenvalue weighted by molar-refractivity contribution is 7.89. The molecule has 29 heavy (non-hydrogen) atoms. The minimum Gasteiger partial charge on any atom is -0.338 e. The van der Waals surface area contributed by atoms with Crippen molar-refractivity contribution < 1.29 is 8.42 Å². The summed E-state index contributed by atoms with van der Waals surface area (Å²) in [6.07, 6.45) is 2.78. The number of hydrogen-bond acceptors (Lipinski definition) is 3. The topological polar surface area (TPSA) is 74.8 Å². The summed E-state index contributed by atoms with van der Waals surface area (Å²) in [5.74, 6) is 0.726. The Morgan fingerprint density at radius 3 is 2.62 bits per heavy atom. The molecule has 1 unspecified atom stereocenters. The fourth-order valence-electron chi connectivity index (χ4n) is 4.02. The number of benzene rings is 3. The van der Waals surface area contributed by atoms with Crippen LogP contribution in [0.3, 0.4) is 0 Å². The summed E-state index contributed by atoms with van der Waals surface area (Å²) in [5, 5.41) is 0. The van der Waals surface area contributed by atoms with Crippen LogP contribution in [-0.2, 0) is 16.4 Å². The molecule has 1 aromatic heterocycles. The number of aryl methyl sites for hydroxylation is 1. The number of hydrogen-bond donors (Lipinski definition) is 2. The minimum atomic E-state index is -3.65. The monoisotopic (exact) mass is 403 g/mol. The number of sulfonamides is 1. The number of rotatable bonds is 4. The summed E-state index contributed by atoms with van der Waals surface area (Å²) in [6, 6.07) is 22.7. The van der Waals surface area contributed by atoms with Gasteiger partial charge < -0.3 is 4.98 Å². The molecule has 0 fully saturated rings. The molecule has 0 spiro atoms. The van der Waals surface area contributed by atoms with Gasteiger partial charge in [-0.25, -0.2) is 18.1 Å². The molecule has 1 aliphatic carbocycles. The molecule has 146 valence electrons. The molecular weight excluding hydrogens is 382 g/mol. The van der Waals surface area contributed by atoms with Crippen LogP contribution in [-0.4, -0.2) is 18.4 Å². The zero-order valence-electron chi connectivity index (χ0n) is 15.8. The lowest BCUT2D eigenvalue weighted by atomic mass is 9.88. The normalized spacial score (nSPS) is 16.6. The maximum absolute atomic E-state index is 13.1. The van der Waals surface area contributed by atoms with E-state index in [1.807, 2.05) is 48.5 Å². The van der Waals surface area contributed by atoms with Gasteiger partial charge in [0.1, 0.15) is 5.82 Å². The van der Waals surface area contributed by atoms with Crippen LogP contribution in [0.5, 0.6) is 0 Å². The van der Waals surface area contributed by atoms with Gasteiger partial charge in [0.25, 0.3) is 0 Å². The van der Waals surface area contributed by atoms with Crippen LogP contribution in [0.2, 0.25) is 0 Å². The van der Waals surface area contributed by atoms with Crippen LogP contribution in [0, 0.1) is 0 Å². The van der Waals surface area contributed by atoms with Gasteiger partial charge in [-0.2, -0.15) is 0 Å². The third kappa shape index (κ3) is 3.45. The Morgan fingerprint density at radius 2 is 1.76 bits per heavy atom. The van der Waals surface area contributed by atoms with Crippen molar-refractivity contribution in [2.45, 2.75) is 30.2 Å². The smallest absolute Gasteiger partial charge is 0.241 e. The highest BCUT2D eigenvalue weighted by Gasteiger charge is 2.26. The van der Waals surface area contributed by atoms with Crippen molar-refractivity contribution in [3.8, 4) is 11.4 Å². The van der Waals surface area contributed by atoms with Crippen molar-refractivity contribution in [2.75, 3.05) is 0 Å². The second kappa shape index (κ2) is 7.13. The summed E-state index contributed by atoms with van der Waals surface area (Å²) in [5.41, 5.74) is 4.71. The first-order chi connectivity index (χ1) is 14.1. The number of aromatic nitrogens is 2. The second-order valence-electron chi connectivity index (χ2n) is 7.40. The largest absolute Gasteiger partial charge is 0.338 e. The van der Waals surface area contributed by atoms with Crippen molar-refractivity contribution >= 4 is 21.1 Å². The zero-order valence-corrected chi connectivity index (χ0v) is 16.6. The molecule has 6 heteroatoms. The van der Waals surface area contributed by atoms with Gasteiger partial charge in [-0.1, -0.05) is 54.6 Å². The molecule has 1 aliphatic rings. The van der Waals surface area contributed by atoms with Crippen LogP contribution in [0.15, 0.2) is 77.7 Å². The Balaban J connectivity index is 1.47. The molecule has 5 rings (SSSR count). The molecule has 4 aromatic rings. The Hall–Kier alpha value is -2.96. The van der Waals surface area contributed by atoms with E-state index in [1.54, 1.807) is 18.2 Å². The maximum Gasteiger partial charge on any atom is 0.241 e. The van der Waals surface area contributed by atoms with Crippen LogP contribution in [0.25, 0.3) is 22.4 Å². The first kappa shape index (κ1) is 18.1. The number of fused-ring (bicyclic) bond motifs is 2. The maximum atomic E-state index is 13.1. The van der Waals surface area contributed by atoms with E-state index in [-0.39, 0.29) is 10.9 Å². The lowest BCUT2D eigenvalue weighted by Gasteiger charge is -2.26. The predicted octanol–water partition coefficient (Wildman–Crippen LogP) is 4.59. The molecule has 0 radical (unpaired) electrons. The number of H-pyrrole nitrogens is 1. The second-order valence-corrected chi connectivity index (χ2v) is 9.11. The lowest BCUT2D eigenvalue weighted by Crippen LogP contribution is -2.31. The molecule has 0 aliphatic heterocycles.